The van der Waals surface area contributed by atoms with Crippen LogP contribution in [0.1, 0.15) is 20.8 Å². The van der Waals surface area contributed by atoms with Crippen LogP contribution in [0.4, 0.5) is 0 Å². The Kier molecular flexibility index (Phi) is 8.37. The van der Waals surface area contributed by atoms with Crippen molar-refractivity contribution in [1.82, 2.24) is 0 Å². The zero-order valence-corrected chi connectivity index (χ0v) is 8.15. The lowest BCUT2D eigenvalue weighted by molar-refractivity contribution is -0.141. The van der Waals surface area contributed by atoms with E-state index in [1.54, 1.807) is 20.8 Å². The van der Waals surface area contributed by atoms with Crippen molar-refractivity contribution in [3.05, 3.63) is 0 Å². The normalized spacial score (nSPS) is 11.5. The van der Waals surface area contributed by atoms with Gasteiger partial charge in [0.05, 0.1) is 11.8 Å². The fourth-order valence-electron chi connectivity index (χ4n) is 0.101. The van der Waals surface area contributed by atoms with Crippen LogP contribution in [0.25, 0.3) is 0 Å². The summed E-state index contributed by atoms with van der Waals surface area (Å²) in [7, 11) is 0. The summed E-state index contributed by atoms with van der Waals surface area (Å²) in [6, 6.07) is 0. The minimum atomic E-state index is -0.831. The Morgan fingerprint density at radius 3 is 1.46 bits per heavy atom. The van der Waals surface area contributed by atoms with E-state index in [0.717, 1.165) is 0 Å². The fraction of sp³-hybridized carbons (Fsp3) is 0.750. The molecular weight excluding hydrogens is 174 g/mol. The summed E-state index contributed by atoms with van der Waals surface area (Å²) < 4.78 is 0. The van der Waals surface area contributed by atoms with Crippen LogP contribution < -0.4 is 5.73 Å². The topological polar surface area (TPSA) is 101 Å². The molecule has 0 aromatic rings. The fourth-order valence-corrected chi connectivity index (χ4v) is 0.101. The molecule has 0 radical (unpaired) electrons. The van der Waals surface area contributed by atoms with Crippen molar-refractivity contribution in [1.29, 1.82) is 0 Å². The molecule has 0 heterocycles. The van der Waals surface area contributed by atoms with Crippen molar-refractivity contribution in [2.45, 2.75) is 20.8 Å². The van der Waals surface area contributed by atoms with E-state index in [9.17, 15) is 9.59 Å². The van der Waals surface area contributed by atoms with Gasteiger partial charge in [0.15, 0.2) is 0 Å². The average molecular weight is 191 g/mol. The minimum absolute atomic E-state index is 0.218. The maximum Gasteiger partial charge on any atom is 0.307 e. The average Bonchev–Trinajstić information content (AvgIpc) is 2.03. The third-order valence-corrected chi connectivity index (χ3v) is 1.27. The van der Waals surface area contributed by atoms with Gasteiger partial charge in [-0.2, -0.15) is 0 Å². The number of rotatable bonds is 3. The number of hydrogen-bond donors (Lipinski definition) is 3. The molecule has 0 rings (SSSR count). The van der Waals surface area contributed by atoms with Gasteiger partial charge < -0.3 is 15.9 Å². The maximum atomic E-state index is 9.85. The van der Waals surface area contributed by atoms with Crippen molar-refractivity contribution in [2.75, 3.05) is 6.54 Å². The Labute approximate surface area is 77.6 Å². The van der Waals surface area contributed by atoms with Gasteiger partial charge >= 0.3 is 11.9 Å². The largest absolute Gasteiger partial charge is 0.481 e. The Morgan fingerprint density at radius 2 is 1.46 bits per heavy atom. The minimum Gasteiger partial charge on any atom is -0.481 e. The first-order valence-electron chi connectivity index (χ1n) is 3.98. The maximum absolute atomic E-state index is 9.85. The highest BCUT2D eigenvalue weighted by molar-refractivity contribution is 5.69. The van der Waals surface area contributed by atoms with Gasteiger partial charge in [-0.25, -0.2) is 0 Å². The molecule has 1 unspecified atom stereocenters. The molecule has 0 fully saturated rings. The van der Waals surface area contributed by atoms with Crippen molar-refractivity contribution in [3.8, 4) is 0 Å². The van der Waals surface area contributed by atoms with Crippen molar-refractivity contribution in [2.24, 2.45) is 17.6 Å². The summed E-state index contributed by atoms with van der Waals surface area (Å²) in [5, 5.41) is 16.1. The first-order valence-corrected chi connectivity index (χ1v) is 3.98. The van der Waals surface area contributed by atoms with Gasteiger partial charge in [0.25, 0.3) is 0 Å². The van der Waals surface area contributed by atoms with Gasteiger partial charge in [-0.05, 0) is 0 Å². The molecule has 0 aromatic carbocycles. The zero-order valence-electron chi connectivity index (χ0n) is 8.15. The molecule has 0 amide bonds. The highest BCUT2D eigenvalue weighted by Crippen LogP contribution is 1.87. The van der Waals surface area contributed by atoms with Crippen molar-refractivity contribution >= 4 is 11.9 Å². The van der Waals surface area contributed by atoms with Crippen LogP contribution in [-0.2, 0) is 9.59 Å². The van der Waals surface area contributed by atoms with Crippen LogP contribution in [0.5, 0.6) is 0 Å². The van der Waals surface area contributed by atoms with E-state index in [1.165, 1.54) is 0 Å². The second-order valence-corrected chi connectivity index (χ2v) is 2.97. The lowest BCUT2D eigenvalue weighted by Crippen LogP contribution is -2.19. The number of hydrogen-bond acceptors (Lipinski definition) is 3. The molecule has 78 valence electrons. The van der Waals surface area contributed by atoms with Crippen molar-refractivity contribution in [3.63, 3.8) is 0 Å². The monoisotopic (exact) mass is 191 g/mol. The van der Waals surface area contributed by atoms with Crippen molar-refractivity contribution < 1.29 is 19.8 Å². The van der Waals surface area contributed by atoms with Gasteiger partial charge in [0.2, 0.25) is 0 Å². The summed E-state index contributed by atoms with van der Waals surface area (Å²) in [5.74, 6) is -2.21. The summed E-state index contributed by atoms with van der Waals surface area (Å²) in [4.78, 5) is 19.5. The smallest absolute Gasteiger partial charge is 0.307 e. The zero-order chi connectivity index (χ0) is 11.0. The predicted octanol–water partition coefficient (Wildman–Crippen LogP) is 0.393. The summed E-state index contributed by atoms with van der Waals surface area (Å²) in [5.41, 5.74) is 4.99. The van der Waals surface area contributed by atoms with Crippen LogP contribution >= 0.6 is 0 Å². The Bertz CT molecular complexity index is 168. The lowest BCUT2D eigenvalue weighted by Gasteiger charge is -1.96. The van der Waals surface area contributed by atoms with Crippen LogP contribution in [0.15, 0.2) is 0 Å². The summed E-state index contributed by atoms with van der Waals surface area (Å²) >= 11 is 0. The Hall–Kier alpha value is -1.10. The van der Waals surface area contributed by atoms with E-state index in [0.29, 0.717) is 0 Å². The van der Waals surface area contributed by atoms with E-state index in [-0.39, 0.29) is 12.5 Å². The van der Waals surface area contributed by atoms with E-state index in [2.05, 4.69) is 0 Å². The second-order valence-electron chi connectivity index (χ2n) is 2.97. The molecule has 0 aliphatic rings. The van der Waals surface area contributed by atoms with E-state index in [1.807, 2.05) is 0 Å². The predicted molar refractivity (Wildman–Crippen MR) is 48.3 cm³/mol. The Balaban J connectivity index is 0. The molecule has 0 spiro atoms. The second kappa shape index (κ2) is 7.54. The highest BCUT2D eigenvalue weighted by Gasteiger charge is 2.05. The van der Waals surface area contributed by atoms with Crippen LogP contribution in [0, 0.1) is 11.8 Å². The molecule has 0 aliphatic carbocycles. The van der Waals surface area contributed by atoms with Gasteiger partial charge in [0, 0.05) is 6.54 Å². The molecule has 5 nitrogen and oxygen atoms in total. The van der Waals surface area contributed by atoms with Gasteiger partial charge in [-0.15, -0.1) is 0 Å². The van der Waals surface area contributed by atoms with Crippen LogP contribution in [0.2, 0.25) is 0 Å². The molecule has 13 heavy (non-hydrogen) atoms. The number of nitrogens with two attached hydrogens (primary N) is 1. The summed E-state index contributed by atoms with van der Waals surface area (Å²) in [6.45, 7) is 5.07. The van der Waals surface area contributed by atoms with Crippen LogP contribution in [-0.4, -0.2) is 28.7 Å². The molecule has 0 saturated heterocycles. The molecule has 0 bridgehead atoms. The van der Waals surface area contributed by atoms with E-state index in [4.69, 9.17) is 15.9 Å². The SMILES string of the molecule is CC(C)C(=O)O.CC(CN)C(=O)O. The first kappa shape index (κ1) is 14.4. The lowest BCUT2D eigenvalue weighted by atomic mass is 10.2. The number of aliphatic carboxylic acids is 2. The molecular formula is C8H17NO4. The number of carbonyl (C=O) groups is 2. The first-order chi connectivity index (χ1) is 5.82. The molecule has 0 aliphatic heterocycles. The number of carboxylic acids is 2. The molecule has 0 saturated carbocycles. The molecule has 5 heteroatoms. The van der Waals surface area contributed by atoms with Gasteiger partial charge in [-0.1, -0.05) is 20.8 Å². The highest BCUT2D eigenvalue weighted by atomic mass is 16.4. The standard InChI is InChI=1S/C4H9NO2.C4H8O2/c1-3(2-5)4(6)7;1-3(2)4(5)6/h3H,2,5H2,1H3,(H,6,7);3H,1-2H3,(H,5,6). The van der Waals surface area contributed by atoms with Gasteiger partial charge in [-0.3, -0.25) is 9.59 Å². The van der Waals surface area contributed by atoms with E-state index >= 15 is 0 Å². The third-order valence-electron chi connectivity index (χ3n) is 1.27. The van der Waals surface area contributed by atoms with E-state index < -0.39 is 17.9 Å². The molecule has 0 aromatic heterocycles. The quantitative estimate of drug-likeness (QED) is 0.599. The number of carboxylic acid groups (broad SMARTS) is 2. The van der Waals surface area contributed by atoms with Gasteiger partial charge in [0.1, 0.15) is 0 Å². The van der Waals surface area contributed by atoms with Crippen LogP contribution in [0.3, 0.4) is 0 Å². The molecule has 1 atom stereocenters. The molecule has 4 N–H and O–H groups in total. The Morgan fingerprint density at radius 1 is 1.15 bits per heavy atom. The third kappa shape index (κ3) is 10.9. The summed E-state index contributed by atoms with van der Waals surface area (Å²) in [6.07, 6.45) is 0.